The van der Waals surface area contributed by atoms with Gasteiger partial charge in [0, 0.05) is 21.8 Å². The Morgan fingerprint density at radius 2 is 1.74 bits per heavy atom. The lowest BCUT2D eigenvalue weighted by Gasteiger charge is -2.05. The summed E-state index contributed by atoms with van der Waals surface area (Å²) in [5.41, 5.74) is 0.614. The van der Waals surface area contributed by atoms with Crippen LogP contribution in [0.3, 0.4) is 0 Å². The quantitative estimate of drug-likeness (QED) is 0.418. The molecular weight excluding hydrogens is 374 g/mol. The standard InChI is InChI=1S/C14H17Br2NO2/c15-9-3-1-2-4-14(19)17-10-13(18)11-5-7-12(16)8-6-11/h5-8H,1-4,9-10H2,(H,17,19). The minimum Gasteiger partial charge on any atom is -0.349 e. The first-order chi connectivity index (χ1) is 9.13. The fraction of sp³-hybridized carbons (Fsp3) is 0.429. The van der Waals surface area contributed by atoms with Crippen LogP contribution in [0.5, 0.6) is 0 Å². The predicted octanol–water partition coefficient (Wildman–Crippen LogP) is 3.70. The zero-order valence-electron chi connectivity index (χ0n) is 10.6. The summed E-state index contributed by atoms with van der Waals surface area (Å²) in [6, 6.07) is 7.12. The molecule has 1 aromatic rings. The molecule has 0 aromatic heterocycles. The lowest BCUT2D eigenvalue weighted by Crippen LogP contribution is -2.29. The number of Topliss-reactive ketones (excluding diaryl/α,β-unsaturated/α-hetero) is 1. The van der Waals surface area contributed by atoms with E-state index in [-0.39, 0.29) is 18.2 Å². The summed E-state index contributed by atoms with van der Waals surface area (Å²) in [7, 11) is 0. The third-order valence-electron chi connectivity index (χ3n) is 2.65. The van der Waals surface area contributed by atoms with E-state index in [1.54, 1.807) is 12.1 Å². The van der Waals surface area contributed by atoms with Crippen molar-refractivity contribution in [2.75, 3.05) is 11.9 Å². The maximum atomic E-state index is 11.8. The van der Waals surface area contributed by atoms with Crippen molar-refractivity contribution in [2.24, 2.45) is 0 Å². The minimum atomic E-state index is -0.0682. The number of carbonyl (C=O) groups excluding carboxylic acids is 2. The first kappa shape index (κ1) is 16.4. The van der Waals surface area contributed by atoms with Crippen molar-refractivity contribution in [1.82, 2.24) is 5.32 Å². The number of benzene rings is 1. The number of hydrogen-bond acceptors (Lipinski definition) is 2. The highest BCUT2D eigenvalue weighted by molar-refractivity contribution is 9.10. The van der Waals surface area contributed by atoms with Gasteiger partial charge in [0.25, 0.3) is 0 Å². The Morgan fingerprint density at radius 1 is 1.05 bits per heavy atom. The molecule has 1 N–H and O–H groups in total. The van der Waals surface area contributed by atoms with Gasteiger partial charge in [0.2, 0.25) is 5.91 Å². The number of nitrogens with one attached hydrogen (secondary N) is 1. The lowest BCUT2D eigenvalue weighted by atomic mass is 10.1. The molecule has 1 rings (SSSR count). The number of ketones is 1. The van der Waals surface area contributed by atoms with Gasteiger partial charge in [-0.1, -0.05) is 50.4 Å². The molecule has 1 amide bonds. The van der Waals surface area contributed by atoms with Gasteiger partial charge >= 0.3 is 0 Å². The van der Waals surface area contributed by atoms with Gasteiger partial charge in [-0.15, -0.1) is 0 Å². The van der Waals surface area contributed by atoms with Crippen molar-refractivity contribution in [1.29, 1.82) is 0 Å². The molecule has 0 aliphatic carbocycles. The molecule has 0 heterocycles. The van der Waals surface area contributed by atoms with E-state index in [9.17, 15) is 9.59 Å². The van der Waals surface area contributed by atoms with E-state index in [0.717, 1.165) is 29.1 Å². The number of carbonyl (C=O) groups is 2. The van der Waals surface area contributed by atoms with Gasteiger partial charge in [-0.05, 0) is 25.0 Å². The van der Waals surface area contributed by atoms with Crippen molar-refractivity contribution in [3.63, 3.8) is 0 Å². The molecule has 0 radical (unpaired) electrons. The number of amides is 1. The van der Waals surface area contributed by atoms with Crippen molar-refractivity contribution < 1.29 is 9.59 Å². The number of rotatable bonds is 8. The summed E-state index contributed by atoms with van der Waals surface area (Å²) in [6.07, 6.45) is 3.45. The highest BCUT2D eigenvalue weighted by Gasteiger charge is 2.07. The molecule has 19 heavy (non-hydrogen) atoms. The van der Waals surface area contributed by atoms with Crippen LogP contribution in [0.2, 0.25) is 0 Å². The fourth-order valence-electron chi connectivity index (χ4n) is 1.56. The second kappa shape index (κ2) is 9.26. The van der Waals surface area contributed by atoms with Crippen LogP contribution in [-0.4, -0.2) is 23.6 Å². The molecule has 0 saturated carbocycles. The van der Waals surface area contributed by atoms with Gasteiger partial charge in [0.05, 0.1) is 6.54 Å². The van der Waals surface area contributed by atoms with E-state index in [1.807, 2.05) is 12.1 Å². The maximum Gasteiger partial charge on any atom is 0.220 e. The summed E-state index contributed by atoms with van der Waals surface area (Å²) in [6.45, 7) is 0.0684. The number of hydrogen-bond donors (Lipinski definition) is 1. The zero-order chi connectivity index (χ0) is 14.1. The Bertz CT molecular complexity index is 418. The topological polar surface area (TPSA) is 46.2 Å². The molecule has 0 aliphatic heterocycles. The monoisotopic (exact) mass is 389 g/mol. The molecule has 0 atom stereocenters. The molecule has 0 bridgehead atoms. The number of halogens is 2. The number of alkyl halides is 1. The van der Waals surface area contributed by atoms with E-state index in [0.29, 0.717) is 12.0 Å². The fourth-order valence-corrected chi connectivity index (χ4v) is 2.22. The van der Waals surface area contributed by atoms with Crippen LogP contribution in [0.4, 0.5) is 0 Å². The average molecular weight is 391 g/mol. The van der Waals surface area contributed by atoms with Crippen LogP contribution in [0.25, 0.3) is 0 Å². The van der Waals surface area contributed by atoms with Crippen LogP contribution >= 0.6 is 31.9 Å². The molecule has 1 aromatic carbocycles. The van der Waals surface area contributed by atoms with Crippen molar-refractivity contribution >= 4 is 43.6 Å². The van der Waals surface area contributed by atoms with E-state index >= 15 is 0 Å². The highest BCUT2D eigenvalue weighted by Crippen LogP contribution is 2.10. The van der Waals surface area contributed by atoms with E-state index < -0.39 is 0 Å². The molecule has 0 aliphatic rings. The summed E-state index contributed by atoms with van der Waals surface area (Å²) in [5.74, 6) is -0.124. The van der Waals surface area contributed by atoms with Gasteiger partial charge in [0.15, 0.2) is 5.78 Å². The molecule has 0 spiro atoms. The molecule has 3 nitrogen and oxygen atoms in total. The molecule has 104 valence electrons. The largest absolute Gasteiger partial charge is 0.349 e. The second-order valence-corrected chi connectivity index (χ2v) is 5.92. The third kappa shape index (κ3) is 6.87. The normalized spacial score (nSPS) is 10.2. The van der Waals surface area contributed by atoms with Gasteiger partial charge < -0.3 is 5.32 Å². The maximum absolute atomic E-state index is 11.8. The average Bonchev–Trinajstić information content (AvgIpc) is 2.42. The van der Waals surface area contributed by atoms with Crippen LogP contribution in [0.15, 0.2) is 28.7 Å². The Labute approximate surface area is 130 Å². The smallest absolute Gasteiger partial charge is 0.220 e. The van der Waals surface area contributed by atoms with Crippen LogP contribution in [0, 0.1) is 0 Å². The molecular formula is C14H17Br2NO2. The molecule has 5 heteroatoms. The zero-order valence-corrected chi connectivity index (χ0v) is 13.8. The minimum absolute atomic E-state index is 0.0555. The van der Waals surface area contributed by atoms with Crippen LogP contribution < -0.4 is 5.32 Å². The van der Waals surface area contributed by atoms with Crippen LogP contribution in [-0.2, 0) is 4.79 Å². The van der Waals surface area contributed by atoms with Crippen molar-refractivity contribution in [3.8, 4) is 0 Å². The van der Waals surface area contributed by atoms with E-state index in [2.05, 4.69) is 37.2 Å². The van der Waals surface area contributed by atoms with Gasteiger partial charge in [-0.3, -0.25) is 9.59 Å². The first-order valence-electron chi connectivity index (χ1n) is 6.25. The Hall–Kier alpha value is -0.680. The summed E-state index contributed by atoms with van der Waals surface area (Å²) >= 11 is 6.66. The molecule has 0 fully saturated rings. The summed E-state index contributed by atoms with van der Waals surface area (Å²) in [4.78, 5) is 23.3. The van der Waals surface area contributed by atoms with Crippen molar-refractivity contribution in [3.05, 3.63) is 34.3 Å². The van der Waals surface area contributed by atoms with Gasteiger partial charge in [-0.2, -0.15) is 0 Å². The van der Waals surface area contributed by atoms with E-state index in [1.165, 1.54) is 0 Å². The second-order valence-electron chi connectivity index (χ2n) is 4.21. The van der Waals surface area contributed by atoms with Crippen LogP contribution in [0.1, 0.15) is 36.0 Å². The lowest BCUT2D eigenvalue weighted by molar-refractivity contribution is -0.121. The highest BCUT2D eigenvalue weighted by atomic mass is 79.9. The summed E-state index contributed by atoms with van der Waals surface area (Å²) < 4.78 is 0.930. The summed E-state index contributed by atoms with van der Waals surface area (Å²) in [5, 5.41) is 3.63. The predicted molar refractivity (Wildman–Crippen MR) is 83.7 cm³/mol. The van der Waals surface area contributed by atoms with Gasteiger partial charge in [-0.25, -0.2) is 0 Å². The molecule has 0 saturated heterocycles. The Kier molecular flexibility index (Phi) is 7.98. The third-order valence-corrected chi connectivity index (χ3v) is 3.74. The number of unbranched alkanes of at least 4 members (excludes halogenated alkanes) is 2. The Balaban J connectivity index is 2.26. The Morgan fingerprint density at radius 3 is 2.37 bits per heavy atom. The molecule has 0 unspecified atom stereocenters. The first-order valence-corrected chi connectivity index (χ1v) is 8.16. The SMILES string of the molecule is O=C(CCCCCBr)NCC(=O)c1ccc(Br)cc1. The van der Waals surface area contributed by atoms with Gasteiger partial charge in [0.1, 0.15) is 0 Å². The van der Waals surface area contributed by atoms with Crippen molar-refractivity contribution in [2.45, 2.75) is 25.7 Å². The van der Waals surface area contributed by atoms with E-state index in [4.69, 9.17) is 0 Å².